The van der Waals surface area contributed by atoms with Crippen molar-refractivity contribution < 1.29 is 39.5 Å². The van der Waals surface area contributed by atoms with Gasteiger partial charge in [0.25, 0.3) is 5.95 Å². The molecule has 0 bridgehead atoms. The summed E-state index contributed by atoms with van der Waals surface area (Å²) in [6, 6.07) is 1.89. The van der Waals surface area contributed by atoms with Crippen molar-refractivity contribution >= 4 is 11.6 Å². The average Bonchev–Trinajstić information content (AvgIpc) is 3.18. The molecule has 0 N–H and O–H groups in total. The highest BCUT2D eigenvalue weighted by atomic mass is 19.4. The van der Waals surface area contributed by atoms with Crippen molar-refractivity contribution in [3.8, 4) is 0 Å². The highest BCUT2D eigenvalue weighted by Gasteiger charge is 2.40. The van der Waals surface area contributed by atoms with Crippen molar-refractivity contribution in [1.29, 1.82) is 0 Å². The summed E-state index contributed by atoms with van der Waals surface area (Å²) in [5.74, 6) is -0.0884. The van der Waals surface area contributed by atoms with Crippen LogP contribution in [0.15, 0.2) is 24.3 Å². The van der Waals surface area contributed by atoms with Crippen LogP contribution in [0.25, 0.3) is 0 Å². The van der Waals surface area contributed by atoms with E-state index in [1.807, 2.05) is 0 Å². The Balaban J connectivity index is 1.94. The fourth-order valence-corrected chi connectivity index (χ4v) is 5.51. The molecular weight excluding hydrogens is 567 g/mol. The lowest BCUT2D eigenvalue weighted by atomic mass is 9.90. The number of benzene rings is 2. The zero-order valence-corrected chi connectivity index (χ0v) is 22.5. The van der Waals surface area contributed by atoms with Crippen LogP contribution in [0.5, 0.6) is 0 Å². The van der Waals surface area contributed by atoms with Gasteiger partial charge in [0, 0.05) is 25.3 Å². The molecule has 0 spiro atoms. The lowest BCUT2D eigenvalue weighted by molar-refractivity contribution is -0.143. The number of fused-ring (bicyclic) bond motifs is 1. The lowest BCUT2D eigenvalue weighted by Gasteiger charge is -2.34. The van der Waals surface area contributed by atoms with Gasteiger partial charge in [-0.05, 0) is 79.3 Å². The fraction of sp³-hybridized carbons (Fsp3) is 0.500. The van der Waals surface area contributed by atoms with E-state index in [-0.39, 0.29) is 28.7 Å². The van der Waals surface area contributed by atoms with Gasteiger partial charge in [0.2, 0.25) is 0 Å². The van der Waals surface area contributed by atoms with Crippen LogP contribution in [0.2, 0.25) is 0 Å². The van der Waals surface area contributed by atoms with Crippen LogP contribution in [0.1, 0.15) is 64.8 Å². The summed E-state index contributed by atoms with van der Waals surface area (Å²) in [5.41, 5.74) is -3.35. The van der Waals surface area contributed by atoms with E-state index in [0.29, 0.717) is 49.3 Å². The van der Waals surface area contributed by atoms with Crippen molar-refractivity contribution in [3.63, 3.8) is 0 Å². The summed E-state index contributed by atoms with van der Waals surface area (Å²) in [6.07, 6.45) is -13.9. The Morgan fingerprint density at radius 2 is 1.51 bits per heavy atom. The quantitative estimate of drug-likeness (QED) is 0.292. The smallest absolute Gasteiger partial charge is 0.371 e. The van der Waals surface area contributed by atoms with Crippen molar-refractivity contribution in [3.05, 3.63) is 63.2 Å². The molecule has 2 heterocycles. The standard InChI is InChI=1S/C26H27F9N6/c1-5-40-8-6-7-20(19-9-14(2)21(26(33,34)35)15(3)22(19)40)41(23-36-38-39(4)37-23)13-16-10-17(24(27,28)29)12-18(11-16)25(30,31)32/h9-12,20H,5-8,13H2,1-4H3/t20-/m0/s1. The van der Waals surface area contributed by atoms with Gasteiger partial charge in [-0.3, -0.25) is 0 Å². The number of anilines is 2. The van der Waals surface area contributed by atoms with Crippen LogP contribution in [0.4, 0.5) is 51.1 Å². The summed E-state index contributed by atoms with van der Waals surface area (Å²) < 4.78 is 124. The van der Waals surface area contributed by atoms with E-state index in [1.54, 1.807) is 11.8 Å². The van der Waals surface area contributed by atoms with Crippen molar-refractivity contribution in [2.24, 2.45) is 7.05 Å². The molecule has 41 heavy (non-hydrogen) atoms. The van der Waals surface area contributed by atoms with E-state index in [0.717, 1.165) is 4.80 Å². The monoisotopic (exact) mass is 594 g/mol. The molecule has 3 aromatic rings. The van der Waals surface area contributed by atoms with Gasteiger partial charge in [-0.25, -0.2) is 0 Å². The van der Waals surface area contributed by atoms with Crippen LogP contribution in [0.3, 0.4) is 0 Å². The third-order valence-corrected chi connectivity index (χ3v) is 7.15. The first-order chi connectivity index (χ1) is 18.9. The molecule has 224 valence electrons. The minimum absolute atomic E-state index is 0.00766. The first-order valence-corrected chi connectivity index (χ1v) is 12.7. The van der Waals surface area contributed by atoms with Gasteiger partial charge >= 0.3 is 18.5 Å². The predicted molar refractivity (Wildman–Crippen MR) is 132 cm³/mol. The number of aromatic nitrogens is 4. The van der Waals surface area contributed by atoms with Gasteiger partial charge in [-0.1, -0.05) is 11.2 Å². The molecule has 1 atom stereocenters. The van der Waals surface area contributed by atoms with E-state index in [4.69, 9.17) is 0 Å². The second-order valence-electron chi connectivity index (χ2n) is 9.99. The summed E-state index contributed by atoms with van der Waals surface area (Å²) in [6.45, 7) is 4.76. The number of tetrazole rings is 1. The minimum Gasteiger partial charge on any atom is -0.371 e. The summed E-state index contributed by atoms with van der Waals surface area (Å²) in [7, 11) is 1.43. The van der Waals surface area contributed by atoms with Crippen LogP contribution in [-0.2, 0) is 32.1 Å². The van der Waals surface area contributed by atoms with Gasteiger partial charge in [0.1, 0.15) is 0 Å². The molecule has 0 fully saturated rings. The zero-order chi connectivity index (χ0) is 30.5. The van der Waals surface area contributed by atoms with Crippen molar-refractivity contribution in [1.82, 2.24) is 20.2 Å². The molecule has 0 saturated carbocycles. The maximum Gasteiger partial charge on any atom is 0.416 e. The number of hydrogen-bond donors (Lipinski definition) is 0. The molecule has 6 nitrogen and oxygen atoms in total. The van der Waals surface area contributed by atoms with E-state index >= 15 is 0 Å². The highest BCUT2D eigenvalue weighted by molar-refractivity contribution is 5.67. The van der Waals surface area contributed by atoms with Crippen molar-refractivity contribution in [2.75, 3.05) is 22.9 Å². The van der Waals surface area contributed by atoms with Gasteiger partial charge in [-0.2, -0.15) is 44.3 Å². The molecule has 0 amide bonds. The SMILES string of the molecule is CCN1CCC[C@H](N(Cc2cc(C(F)(F)F)cc(C(F)(F)F)c2)c2nnn(C)n2)c2cc(C)c(C(F)(F)F)c(C)c21. The summed E-state index contributed by atoms with van der Waals surface area (Å²) in [4.78, 5) is 4.29. The topological polar surface area (TPSA) is 50.1 Å². The third kappa shape index (κ3) is 6.22. The molecule has 4 rings (SSSR count). The van der Waals surface area contributed by atoms with Crippen molar-refractivity contribution in [2.45, 2.75) is 64.7 Å². The fourth-order valence-electron chi connectivity index (χ4n) is 5.51. The number of hydrogen-bond acceptors (Lipinski definition) is 5. The van der Waals surface area contributed by atoms with Crippen LogP contribution < -0.4 is 9.80 Å². The molecule has 1 aliphatic rings. The Morgan fingerprint density at radius 3 is 2.00 bits per heavy atom. The molecule has 1 aromatic heterocycles. The molecule has 0 unspecified atom stereocenters. The number of rotatable bonds is 5. The molecular formula is C26H27F9N6. The second kappa shape index (κ2) is 10.7. The number of alkyl halides is 9. The first-order valence-electron chi connectivity index (χ1n) is 12.7. The molecule has 15 heteroatoms. The van der Waals surface area contributed by atoms with Gasteiger partial charge in [0.05, 0.1) is 29.8 Å². The Bertz CT molecular complexity index is 1380. The number of halogens is 9. The molecule has 0 aliphatic carbocycles. The Morgan fingerprint density at radius 1 is 0.902 bits per heavy atom. The molecule has 0 saturated heterocycles. The van der Waals surface area contributed by atoms with E-state index in [2.05, 4.69) is 15.4 Å². The summed E-state index contributed by atoms with van der Waals surface area (Å²) in [5, 5.41) is 11.9. The predicted octanol–water partition coefficient (Wildman–Crippen LogP) is 7.25. The highest BCUT2D eigenvalue weighted by Crippen LogP contribution is 2.46. The minimum atomic E-state index is -5.05. The number of nitrogens with zero attached hydrogens (tertiary/aromatic N) is 6. The normalized spacial score (nSPS) is 16.5. The second-order valence-corrected chi connectivity index (χ2v) is 9.99. The molecule has 1 aliphatic heterocycles. The Labute approximate surface area is 229 Å². The van der Waals surface area contributed by atoms with E-state index < -0.39 is 47.8 Å². The molecule has 2 aromatic carbocycles. The zero-order valence-electron chi connectivity index (χ0n) is 22.5. The van der Waals surface area contributed by atoms with E-state index in [1.165, 1.54) is 31.9 Å². The van der Waals surface area contributed by atoms with Gasteiger partial charge in [0.15, 0.2) is 0 Å². The van der Waals surface area contributed by atoms with Crippen LogP contribution >= 0.6 is 0 Å². The Hall–Kier alpha value is -3.52. The number of aryl methyl sites for hydroxylation is 2. The van der Waals surface area contributed by atoms with Crippen LogP contribution in [-0.4, -0.2) is 33.3 Å². The first kappa shape index (κ1) is 30.4. The largest absolute Gasteiger partial charge is 0.416 e. The van der Waals surface area contributed by atoms with Gasteiger partial charge < -0.3 is 9.80 Å². The Kier molecular flexibility index (Phi) is 7.95. The maximum absolute atomic E-state index is 14.0. The average molecular weight is 595 g/mol. The van der Waals surface area contributed by atoms with Crippen LogP contribution in [0, 0.1) is 13.8 Å². The summed E-state index contributed by atoms with van der Waals surface area (Å²) >= 11 is 0. The van der Waals surface area contributed by atoms with Gasteiger partial charge in [-0.15, -0.1) is 5.10 Å². The third-order valence-electron chi connectivity index (χ3n) is 7.15. The maximum atomic E-state index is 14.0. The van der Waals surface area contributed by atoms with E-state index in [9.17, 15) is 39.5 Å². The molecule has 0 radical (unpaired) electrons. The lowest BCUT2D eigenvalue weighted by Crippen LogP contribution is -2.31.